The summed E-state index contributed by atoms with van der Waals surface area (Å²) in [5.74, 6) is -2.97. The lowest BCUT2D eigenvalue weighted by Gasteiger charge is -2.16. The van der Waals surface area contributed by atoms with Gasteiger partial charge in [0.2, 0.25) is 5.91 Å². The van der Waals surface area contributed by atoms with Crippen LogP contribution in [0.25, 0.3) is 0 Å². The summed E-state index contributed by atoms with van der Waals surface area (Å²) in [6.45, 7) is 2.10. The second-order valence-corrected chi connectivity index (χ2v) is 5.05. The van der Waals surface area contributed by atoms with E-state index < -0.39 is 23.6 Å². The van der Waals surface area contributed by atoms with Crippen LogP contribution in [-0.4, -0.2) is 23.6 Å². The van der Waals surface area contributed by atoms with Crippen molar-refractivity contribution >= 4 is 17.6 Å². The standard InChI is InChI=1S/C15H18FNO4/c1-2-21-13-7-6-9(8-12(13)16)17-14(18)10-4-3-5-11(10)15(19)20/h6-8,10-11H,2-5H2,1H3,(H,17,18)(H,19,20)/t10-,11+/m1/s1. The van der Waals surface area contributed by atoms with E-state index in [0.29, 0.717) is 31.6 Å². The van der Waals surface area contributed by atoms with Crippen LogP contribution in [0, 0.1) is 17.7 Å². The summed E-state index contributed by atoms with van der Waals surface area (Å²) in [5.41, 5.74) is 0.303. The van der Waals surface area contributed by atoms with E-state index in [1.807, 2.05) is 0 Å². The Morgan fingerprint density at radius 2 is 2.10 bits per heavy atom. The van der Waals surface area contributed by atoms with E-state index in [1.54, 1.807) is 6.92 Å². The van der Waals surface area contributed by atoms with Gasteiger partial charge in [-0.25, -0.2) is 4.39 Å². The first-order valence-corrected chi connectivity index (χ1v) is 6.99. The van der Waals surface area contributed by atoms with Gasteiger partial charge in [-0.1, -0.05) is 6.42 Å². The molecule has 0 radical (unpaired) electrons. The van der Waals surface area contributed by atoms with Gasteiger partial charge in [-0.15, -0.1) is 0 Å². The molecule has 2 atom stereocenters. The number of carbonyl (C=O) groups is 2. The fourth-order valence-electron chi connectivity index (χ4n) is 2.66. The number of hydrogen-bond acceptors (Lipinski definition) is 3. The quantitative estimate of drug-likeness (QED) is 0.875. The molecule has 0 spiro atoms. The van der Waals surface area contributed by atoms with Crippen molar-refractivity contribution in [3.63, 3.8) is 0 Å². The van der Waals surface area contributed by atoms with Gasteiger partial charge in [0.05, 0.1) is 18.4 Å². The number of halogens is 1. The van der Waals surface area contributed by atoms with Crippen molar-refractivity contribution in [2.75, 3.05) is 11.9 Å². The first-order chi connectivity index (χ1) is 10.0. The highest BCUT2D eigenvalue weighted by atomic mass is 19.1. The predicted octanol–water partition coefficient (Wildman–Crippen LogP) is 2.66. The highest BCUT2D eigenvalue weighted by molar-refractivity contribution is 5.95. The van der Waals surface area contributed by atoms with Crippen LogP contribution in [0.4, 0.5) is 10.1 Å². The van der Waals surface area contributed by atoms with Crippen LogP contribution in [-0.2, 0) is 9.59 Å². The summed E-state index contributed by atoms with van der Waals surface area (Å²) in [7, 11) is 0. The average Bonchev–Trinajstić information content (AvgIpc) is 2.91. The van der Waals surface area contributed by atoms with Crippen molar-refractivity contribution in [2.45, 2.75) is 26.2 Å². The third-order valence-corrected chi connectivity index (χ3v) is 3.67. The topological polar surface area (TPSA) is 75.6 Å². The van der Waals surface area contributed by atoms with Crippen LogP contribution in [0.15, 0.2) is 18.2 Å². The Kier molecular flexibility index (Phi) is 4.77. The largest absolute Gasteiger partial charge is 0.491 e. The lowest BCUT2D eigenvalue weighted by atomic mass is 9.95. The van der Waals surface area contributed by atoms with Crippen molar-refractivity contribution in [3.8, 4) is 5.75 Å². The molecule has 1 saturated carbocycles. The Labute approximate surface area is 122 Å². The first-order valence-electron chi connectivity index (χ1n) is 6.99. The van der Waals surface area contributed by atoms with Crippen LogP contribution in [0.2, 0.25) is 0 Å². The molecule has 0 saturated heterocycles. The lowest BCUT2D eigenvalue weighted by molar-refractivity contribution is -0.145. The zero-order valence-electron chi connectivity index (χ0n) is 11.8. The van der Waals surface area contributed by atoms with Gasteiger partial charge in [-0.2, -0.15) is 0 Å². The Hall–Kier alpha value is -2.11. The van der Waals surface area contributed by atoms with E-state index in [9.17, 15) is 14.0 Å². The summed E-state index contributed by atoms with van der Waals surface area (Å²) in [5, 5.41) is 11.7. The number of carboxylic acids is 1. The summed E-state index contributed by atoms with van der Waals surface area (Å²) in [4.78, 5) is 23.2. The van der Waals surface area contributed by atoms with Crippen LogP contribution in [0.5, 0.6) is 5.75 Å². The van der Waals surface area contributed by atoms with Crippen molar-refractivity contribution in [1.82, 2.24) is 0 Å². The molecular formula is C15H18FNO4. The lowest BCUT2D eigenvalue weighted by Crippen LogP contribution is -2.30. The SMILES string of the molecule is CCOc1ccc(NC(=O)[C@@H]2CCC[C@@H]2C(=O)O)cc1F. The molecule has 0 aliphatic heterocycles. The molecule has 21 heavy (non-hydrogen) atoms. The van der Waals surface area contributed by atoms with Crippen LogP contribution >= 0.6 is 0 Å². The molecule has 1 aliphatic carbocycles. The first kappa shape index (κ1) is 15.3. The molecule has 0 aromatic heterocycles. The second-order valence-electron chi connectivity index (χ2n) is 5.05. The third-order valence-electron chi connectivity index (χ3n) is 3.67. The van der Waals surface area contributed by atoms with Crippen molar-refractivity contribution in [3.05, 3.63) is 24.0 Å². The summed E-state index contributed by atoms with van der Waals surface area (Å²) >= 11 is 0. The second kappa shape index (κ2) is 6.56. The average molecular weight is 295 g/mol. The summed E-state index contributed by atoms with van der Waals surface area (Å²) in [6, 6.07) is 4.15. The number of rotatable bonds is 5. The van der Waals surface area contributed by atoms with Gasteiger partial charge < -0.3 is 15.2 Å². The molecule has 114 valence electrons. The van der Waals surface area contributed by atoms with Crippen molar-refractivity contribution in [2.24, 2.45) is 11.8 Å². The maximum absolute atomic E-state index is 13.7. The van der Waals surface area contributed by atoms with Gasteiger partial charge in [0.15, 0.2) is 11.6 Å². The van der Waals surface area contributed by atoms with Gasteiger partial charge in [0.1, 0.15) is 0 Å². The van der Waals surface area contributed by atoms with E-state index >= 15 is 0 Å². The number of nitrogens with one attached hydrogen (secondary N) is 1. The molecule has 1 amide bonds. The number of ether oxygens (including phenoxy) is 1. The number of hydrogen-bond donors (Lipinski definition) is 2. The molecule has 1 aliphatic rings. The van der Waals surface area contributed by atoms with Gasteiger partial charge in [-0.05, 0) is 31.9 Å². The Bertz CT molecular complexity index is 546. The number of anilines is 1. The molecule has 2 rings (SSSR count). The normalized spacial score (nSPS) is 21.0. The number of carbonyl (C=O) groups excluding carboxylic acids is 1. The van der Waals surface area contributed by atoms with E-state index in [4.69, 9.17) is 9.84 Å². The molecule has 0 bridgehead atoms. The number of carboxylic acid groups (broad SMARTS) is 1. The van der Waals surface area contributed by atoms with Crippen molar-refractivity contribution in [1.29, 1.82) is 0 Å². The molecule has 0 heterocycles. The minimum absolute atomic E-state index is 0.125. The van der Waals surface area contributed by atoms with Gasteiger partial charge >= 0.3 is 5.97 Å². The molecule has 1 aromatic rings. The highest BCUT2D eigenvalue weighted by Crippen LogP contribution is 2.33. The molecule has 2 N–H and O–H groups in total. The van der Waals surface area contributed by atoms with Crippen LogP contribution < -0.4 is 10.1 Å². The maximum atomic E-state index is 13.7. The Balaban J connectivity index is 2.06. The van der Waals surface area contributed by atoms with Gasteiger partial charge in [0, 0.05) is 11.8 Å². The fourth-order valence-corrected chi connectivity index (χ4v) is 2.66. The van der Waals surface area contributed by atoms with E-state index in [0.717, 1.165) is 0 Å². The van der Waals surface area contributed by atoms with Crippen molar-refractivity contribution < 1.29 is 23.8 Å². The third kappa shape index (κ3) is 3.51. The Morgan fingerprint density at radius 1 is 1.38 bits per heavy atom. The number of benzene rings is 1. The smallest absolute Gasteiger partial charge is 0.307 e. The van der Waals surface area contributed by atoms with Crippen LogP contribution in [0.3, 0.4) is 0 Å². The molecule has 6 heteroatoms. The zero-order valence-corrected chi connectivity index (χ0v) is 11.8. The fraction of sp³-hybridized carbons (Fsp3) is 0.467. The molecular weight excluding hydrogens is 277 g/mol. The zero-order chi connectivity index (χ0) is 15.4. The molecule has 0 unspecified atom stereocenters. The number of aliphatic carboxylic acids is 1. The predicted molar refractivity (Wildman–Crippen MR) is 74.7 cm³/mol. The van der Waals surface area contributed by atoms with E-state index in [2.05, 4.69) is 5.32 Å². The molecule has 5 nitrogen and oxygen atoms in total. The molecule has 1 aromatic carbocycles. The number of amides is 1. The van der Waals surface area contributed by atoms with E-state index in [1.165, 1.54) is 18.2 Å². The summed E-state index contributed by atoms with van der Waals surface area (Å²) < 4.78 is 18.8. The Morgan fingerprint density at radius 3 is 2.71 bits per heavy atom. The highest BCUT2D eigenvalue weighted by Gasteiger charge is 2.37. The summed E-state index contributed by atoms with van der Waals surface area (Å²) in [6.07, 6.45) is 1.76. The van der Waals surface area contributed by atoms with Gasteiger partial charge in [0.25, 0.3) is 0 Å². The maximum Gasteiger partial charge on any atom is 0.307 e. The minimum atomic E-state index is -0.953. The minimum Gasteiger partial charge on any atom is -0.491 e. The molecule has 1 fully saturated rings. The van der Waals surface area contributed by atoms with E-state index in [-0.39, 0.29) is 11.7 Å². The van der Waals surface area contributed by atoms with Crippen LogP contribution in [0.1, 0.15) is 26.2 Å². The monoisotopic (exact) mass is 295 g/mol. The van der Waals surface area contributed by atoms with Gasteiger partial charge in [-0.3, -0.25) is 9.59 Å².